The van der Waals surface area contributed by atoms with Crippen molar-refractivity contribution in [1.29, 1.82) is 0 Å². The second-order valence-corrected chi connectivity index (χ2v) is 4.98. The average molecular weight is 197 g/mol. The number of hydrogen-bond donors (Lipinski definition) is 1. The summed E-state index contributed by atoms with van der Waals surface area (Å²) in [6.07, 6.45) is 0. The summed E-state index contributed by atoms with van der Waals surface area (Å²) in [6.45, 7) is 8.46. The van der Waals surface area contributed by atoms with Crippen molar-refractivity contribution < 1.29 is 0 Å². The van der Waals surface area contributed by atoms with E-state index < -0.39 is 0 Å². The summed E-state index contributed by atoms with van der Waals surface area (Å²) in [5.74, 6) is 1.66. The fraction of sp³-hybridized carbons (Fsp3) is 1.00. The number of fused-ring (bicyclic) bond motifs is 2. The predicted octanol–water partition coefficient (Wildman–Crippen LogP) is 0.0877. The zero-order valence-electron chi connectivity index (χ0n) is 9.66. The lowest BCUT2D eigenvalue weighted by molar-refractivity contribution is 0.0138. The van der Waals surface area contributed by atoms with Gasteiger partial charge in [0.25, 0.3) is 0 Å². The SMILES string of the molecule is CCN1CC2CNCC(C1)C2N(C)C. The lowest BCUT2D eigenvalue weighted by Gasteiger charge is -2.50. The summed E-state index contributed by atoms with van der Waals surface area (Å²) in [7, 11) is 4.47. The number of piperidine rings is 2. The van der Waals surface area contributed by atoms with Gasteiger partial charge in [0.05, 0.1) is 0 Å². The van der Waals surface area contributed by atoms with Crippen molar-refractivity contribution in [3.63, 3.8) is 0 Å². The van der Waals surface area contributed by atoms with Gasteiger partial charge in [-0.2, -0.15) is 0 Å². The van der Waals surface area contributed by atoms with Crippen molar-refractivity contribution in [2.24, 2.45) is 11.8 Å². The Morgan fingerprint density at radius 1 is 1.21 bits per heavy atom. The molecule has 0 amide bonds. The highest BCUT2D eigenvalue weighted by molar-refractivity contribution is 4.96. The van der Waals surface area contributed by atoms with Crippen LogP contribution in [0.4, 0.5) is 0 Å². The molecule has 0 saturated carbocycles. The molecule has 0 aromatic carbocycles. The van der Waals surface area contributed by atoms with Crippen LogP contribution in [-0.2, 0) is 0 Å². The van der Waals surface area contributed by atoms with Crippen LogP contribution in [0.1, 0.15) is 6.92 Å². The lowest BCUT2D eigenvalue weighted by atomic mass is 9.80. The lowest BCUT2D eigenvalue weighted by Crippen LogP contribution is -2.62. The zero-order valence-corrected chi connectivity index (χ0v) is 9.66. The maximum absolute atomic E-state index is 3.56. The molecule has 2 aliphatic heterocycles. The van der Waals surface area contributed by atoms with E-state index in [2.05, 4.69) is 36.1 Å². The van der Waals surface area contributed by atoms with Crippen LogP contribution in [0.15, 0.2) is 0 Å². The second-order valence-electron chi connectivity index (χ2n) is 4.98. The largest absolute Gasteiger partial charge is 0.316 e. The highest BCUT2D eigenvalue weighted by atomic mass is 15.2. The number of likely N-dealkylation sites (tertiary alicyclic amines) is 1. The maximum atomic E-state index is 3.56. The molecule has 2 unspecified atom stereocenters. The Kier molecular flexibility index (Phi) is 3.10. The Morgan fingerprint density at radius 3 is 2.21 bits per heavy atom. The molecular formula is C11H23N3. The normalized spacial score (nSPS) is 39.0. The van der Waals surface area contributed by atoms with E-state index in [0.29, 0.717) is 0 Å². The molecule has 82 valence electrons. The van der Waals surface area contributed by atoms with Crippen LogP contribution >= 0.6 is 0 Å². The van der Waals surface area contributed by atoms with Gasteiger partial charge >= 0.3 is 0 Å². The van der Waals surface area contributed by atoms with E-state index in [1.165, 1.54) is 32.7 Å². The molecule has 0 aliphatic carbocycles. The van der Waals surface area contributed by atoms with E-state index in [1.807, 2.05) is 0 Å². The second kappa shape index (κ2) is 4.17. The van der Waals surface area contributed by atoms with Crippen molar-refractivity contribution in [3.8, 4) is 0 Å². The third-order valence-electron chi connectivity index (χ3n) is 3.81. The zero-order chi connectivity index (χ0) is 10.1. The molecule has 3 heteroatoms. The van der Waals surface area contributed by atoms with E-state index in [-0.39, 0.29) is 0 Å². The van der Waals surface area contributed by atoms with E-state index >= 15 is 0 Å². The molecule has 1 N–H and O–H groups in total. The molecule has 2 bridgehead atoms. The van der Waals surface area contributed by atoms with Crippen molar-refractivity contribution in [3.05, 3.63) is 0 Å². The van der Waals surface area contributed by atoms with Gasteiger partial charge in [-0.1, -0.05) is 6.92 Å². The smallest absolute Gasteiger partial charge is 0.0194 e. The van der Waals surface area contributed by atoms with E-state index in [1.54, 1.807) is 0 Å². The molecule has 2 heterocycles. The van der Waals surface area contributed by atoms with Crippen LogP contribution in [-0.4, -0.2) is 62.7 Å². The first-order valence-electron chi connectivity index (χ1n) is 5.82. The molecule has 2 fully saturated rings. The summed E-state index contributed by atoms with van der Waals surface area (Å²) in [5.41, 5.74) is 0. The Hall–Kier alpha value is -0.120. The van der Waals surface area contributed by atoms with Gasteiger partial charge in [-0.15, -0.1) is 0 Å². The van der Waals surface area contributed by atoms with Crippen LogP contribution in [0.3, 0.4) is 0 Å². The van der Waals surface area contributed by atoms with Gasteiger partial charge in [0.2, 0.25) is 0 Å². The van der Waals surface area contributed by atoms with E-state index in [9.17, 15) is 0 Å². The van der Waals surface area contributed by atoms with Gasteiger partial charge < -0.3 is 15.1 Å². The highest BCUT2D eigenvalue weighted by Crippen LogP contribution is 2.27. The van der Waals surface area contributed by atoms with Crippen LogP contribution < -0.4 is 5.32 Å². The van der Waals surface area contributed by atoms with Crippen LogP contribution in [0.5, 0.6) is 0 Å². The molecule has 2 saturated heterocycles. The van der Waals surface area contributed by atoms with Crippen LogP contribution in [0.2, 0.25) is 0 Å². The first-order valence-corrected chi connectivity index (χ1v) is 5.82. The molecule has 2 aliphatic rings. The average Bonchev–Trinajstić information content (AvgIpc) is 2.15. The minimum atomic E-state index is 0.805. The third kappa shape index (κ3) is 1.81. The summed E-state index contributed by atoms with van der Waals surface area (Å²) < 4.78 is 0. The molecular weight excluding hydrogens is 174 g/mol. The standard InChI is InChI=1S/C11H23N3/c1-4-14-7-9-5-12-6-10(8-14)11(9)13(2)3/h9-12H,4-8H2,1-3H3. The summed E-state index contributed by atoms with van der Waals surface area (Å²) >= 11 is 0. The summed E-state index contributed by atoms with van der Waals surface area (Å²) in [4.78, 5) is 5.04. The van der Waals surface area contributed by atoms with Crippen LogP contribution in [0, 0.1) is 11.8 Å². The van der Waals surface area contributed by atoms with Gasteiger partial charge in [-0.3, -0.25) is 0 Å². The fourth-order valence-electron chi connectivity index (χ4n) is 3.26. The highest BCUT2D eigenvalue weighted by Gasteiger charge is 2.39. The van der Waals surface area contributed by atoms with Gasteiger partial charge in [0.15, 0.2) is 0 Å². The molecule has 0 spiro atoms. The monoisotopic (exact) mass is 197 g/mol. The van der Waals surface area contributed by atoms with Crippen molar-refractivity contribution in [2.45, 2.75) is 13.0 Å². The third-order valence-corrected chi connectivity index (χ3v) is 3.81. The first kappa shape index (κ1) is 10.4. The Morgan fingerprint density at radius 2 is 1.79 bits per heavy atom. The topological polar surface area (TPSA) is 18.5 Å². The van der Waals surface area contributed by atoms with E-state index in [0.717, 1.165) is 17.9 Å². The summed E-state index contributed by atoms with van der Waals surface area (Å²) in [6, 6.07) is 0.805. The van der Waals surface area contributed by atoms with Gasteiger partial charge in [0, 0.05) is 32.2 Å². The Bertz CT molecular complexity index is 179. The number of nitrogens with one attached hydrogen (secondary N) is 1. The van der Waals surface area contributed by atoms with Crippen molar-refractivity contribution in [1.82, 2.24) is 15.1 Å². The quantitative estimate of drug-likeness (QED) is 0.677. The Balaban J connectivity index is 2.07. The Labute approximate surface area is 87.4 Å². The van der Waals surface area contributed by atoms with Gasteiger partial charge in [-0.25, -0.2) is 0 Å². The predicted molar refractivity (Wildman–Crippen MR) is 59.4 cm³/mol. The minimum Gasteiger partial charge on any atom is -0.316 e. The molecule has 0 aromatic rings. The molecule has 0 aromatic heterocycles. The summed E-state index contributed by atoms with van der Waals surface area (Å²) in [5, 5.41) is 3.56. The fourth-order valence-corrected chi connectivity index (χ4v) is 3.26. The van der Waals surface area contributed by atoms with Crippen LogP contribution in [0.25, 0.3) is 0 Å². The molecule has 3 nitrogen and oxygen atoms in total. The van der Waals surface area contributed by atoms with Crippen molar-refractivity contribution >= 4 is 0 Å². The number of nitrogens with zero attached hydrogens (tertiary/aromatic N) is 2. The van der Waals surface area contributed by atoms with Gasteiger partial charge in [-0.05, 0) is 32.5 Å². The minimum absolute atomic E-state index is 0.805. The molecule has 2 atom stereocenters. The molecule has 0 radical (unpaired) electrons. The molecule has 2 rings (SSSR count). The maximum Gasteiger partial charge on any atom is 0.0194 e. The van der Waals surface area contributed by atoms with Crippen molar-refractivity contribution in [2.75, 3.05) is 46.8 Å². The molecule has 14 heavy (non-hydrogen) atoms. The van der Waals surface area contributed by atoms with E-state index in [4.69, 9.17) is 0 Å². The first-order chi connectivity index (χ1) is 6.72. The van der Waals surface area contributed by atoms with Gasteiger partial charge in [0.1, 0.15) is 0 Å². The number of rotatable bonds is 2. The number of hydrogen-bond acceptors (Lipinski definition) is 3.